The molecule has 1 aromatic carbocycles. The number of aliphatic imine (C=N–C) groups is 1. The lowest BCUT2D eigenvalue weighted by Gasteiger charge is -2.19. The lowest BCUT2D eigenvalue weighted by Crippen LogP contribution is -2.25. The van der Waals surface area contributed by atoms with E-state index in [1.54, 1.807) is 30.0 Å². The van der Waals surface area contributed by atoms with Crippen LogP contribution in [-0.2, 0) is 10.0 Å². The van der Waals surface area contributed by atoms with E-state index >= 15 is 0 Å². The van der Waals surface area contributed by atoms with Crippen LogP contribution in [-0.4, -0.2) is 31.8 Å². The lowest BCUT2D eigenvalue weighted by molar-refractivity contribution is 0.595. The van der Waals surface area contributed by atoms with E-state index in [2.05, 4.69) is 23.6 Å². The molecule has 0 aromatic heterocycles. The van der Waals surface area contributed by atoms with Gasteiger partial charge >= 0.3 is 0 Å². The molecule has 2 rings (SSSR count). The average Bonchev–Trinajstić information content (AvgIpc) is 2.60. The van der Waals surface area contributed by atoms with Crippen molar-refractivity contribution >= 4 is 27.6 Å². The first-order valence-electron chi connectivity index (χ1n) is 5.57. The van der Waals surface area contributed by atoms with E-state index in [1.807, 2.05) is 12.3 Å². The number of thioether (sulfide) groups is 1. The number of amidine groups is 1. The van der Waals surface area contributed by atoms with Gasteiger partial charge in [-0.05, 0) is 32.2 Å². The molecule has 1 N–H and O–H groups in total. The molecule has 98 valence electrons. The van der Waals surface area contributed by atoms with E-state index in [0.29, 0.717) is 22.8 Å². The minimum Gasteiger partial charge on any atom is -0.266 e. The van der Waals surface area contributed by atoms with Crippen LogP contribution in [0.5, 0.6) is 0 Å². The maximum Gasteiger partial charge on any atom is 0.263 e. The van der Waals surface area contributed by atoms with Gasteiger partial charge in [0.2, 0.25) is 0 Å². The summed E-state index contributed by atoms with van der Waals surface area (Å²) >= 11 is 1.71. The topological polar surface area (TPSA) is 58.5 Å². The second-order valence-electron chi connectivity index (χ2n) is 4.73. The summed E-state index contributed by atoms with van der Waals surface area (Å²) in [4.78, 5) is 4.72. The van der Waals surface area contributed by atoms with Crippen molar-refractivity contribution < 1.29 is 8.42 Å². The van der Waals surface area contributed by atoms with Gasteiger partial charge in [0.15, 0.2) is 0 Å². The minimum atomic E-state index is -3.42. The van der Waals surface area contributed by atoms with Crippen LogP contribution < -0.4 is 4.72 Å². The van der Waals surface area contributed by atoms with Crippen LogP contribution in [0.4, 0.5) is 0 Å². The highest BCUT2D eigenvalue weighted by molar-refractivity contribution is 7.99. The third kappa shape index (κ3) is 2.54. The molecule has 0 bridgehead atoms. The molecule has 0 atom stereocenters. The molecular formula is C12H16N2O2S2. The highest BCUT2D eigenvalue weighted by Gasteiger charge is 2.30. The largest absolute Gasteiger partial charge is 0.266 e. The maximum absolute atomic E-state index is 11.9. The molecule has 0 saturated heterocycles. The van der Waals surface area contributed by atoms with Crippen LogP contribution in [0.3, 0.4) is 0 Å². The Kier molecular flexibility index (Phi) is 3.42. The van der Waals surface area contributed by atoms with E-state index < -0.39 is 10.0 Å². The van der Waals surface area contributed by atoms with E-state index in [-0.39, 0.29) is 4.75 Å². The Hall–Kier alpha value is -1.01. The molecule has 0 fully saturated rings. The molecule has 1 heterocycles. The molecule has 0 radical (unpaired) electrons. The standard InChI is InChI=1S/C12H16N2O2S2/c1-12(2,17-3)8-13-11-9-6-4-5-7-10(9)18(15,16)14-11/h4-7H,8H2,1-3H3,(H,13,14). The molecule has 0 spiro atoms. The predicted octanol–water partition coefficient (Wildman–Crippen LogP) is 1.87. The summed E-state index contributed by atoms with van der Waals surface area (Å²) in [5.41, 5.74) is 0.661. The second-order valence-corrected chi connectivity index (χ2v) is 7.89. The predicted molar refractivity (Wildman–Crippen MR) is 75.8 cm³/mol. The number of sulfonamides is 1. The van der Waals surface area contributed by atoms with Gasteiger partial charge in [0, 0.05) is 10.3 Å². The Balaban J connectivity index is 2.37. The number of fused-ring (bicyclic) bond motifs is 1. The first-order chi connectivity index (χ1) is 8.36. The summed E-state index contributed by atoms with van der Waals surface area (Å²) in [7, 11) is -3.42. The van der Waals surface area contributed by atoms with Gasteiger partial charge in [-0.25, -0.2) is 8.42 Å². The van der Waals surface area contributed by atoms with Gasteiger partial charge < -0.3 is 0 Å². The van der Waals surface area contributed by atoms with Crippen molar-refractivity contribution in [3.05, 3.63) is 29.8 Å². The van der Waals surface area contributed by atoms with Crippen LogP contribution in [0, 0.1) is 0 Å². The third-order valence-electron chi connectivity index (χ3n) is 2.83. The second kappa shape index (κ2) is 4.59. The summed E-state index contributed by atoms with van der Waals surface area (Å²) in [6, 6.07) is 6.90. The van der Waals surface area contributed by atoms with Crippen LogP contribution in [0.25, 0.3) is 0 Å². The Morgan fingerprint density at radius 1 is 1.33 bits per heavy atom. The molecule has 0 unspecified atom stereocenters. The zero-order valence-electron chi connectivity index (χ0n) is 10.6. The van der Waals surface area contributed by atoms with Crippen molar-refractivity contribution in [1.29, 1.82) is 0 Å². The van der Waals surface area contributed by atoms with Crippen LogP contribution >= 0.6 is 11.8 Å². The van der Waals surface area contributed by atoms with Gasteiger partial charge in [0.1, 0.15) is 5.84 Å². The molecule has 4 nitrogen and oxygen atoms in total. The summed E-state index contributed by atoms with van der Waals surface area (Å²) in [5, 5.41) is 0. The number of rotatable bonds is 3. The van der Waals surface area contributed by atoms with E-state index in [4.69, 9.17) is 0 Å². The molecule has 1 aromatic rings. The first kappa shape index (κ1) is 13.4. The highest BCUT2D eigenvalue weighted by atomic mass is 32.2. The molecule has 0 amide bonds. The monoisotopic (exact) mass is 284 g/mol. The van der Waals surface area contributed by atoms with Gasteiger partial charge in [0.25, 0.3) is 10.0 Å². The summed E-state index contributed by atoms with van der Waals surface area (Å²) in [5.74, 6) is 0.452. The Morgan fingerprint density at radius 3 is 2.67 bits per heavy atom. The fraction of sp³-hybridized carbons (Fsp3) is 0.417. The lowest BCUT2D eigenvalue weighted by atomic mass is 10.2. The van der Waals surface area contributed by atoms with Crippen LogP contribution in [0.1, 0.15) is 19.4 Å². The Bertz CT molecular complexity index is 592. The van der Waals surface area contributed by atoms with E-state index in [9.17, 15) is 8.42 Å². The van der Waals surface area contributed by atoms with Crippen molar-refractivity contribution in [2.24, 2.45) is 4.99 Å². The average molecular weight is 284 g/mol. The van der Waals surface area contributed by atoms with Crippen molar-refractivity contribution in [2.45, 2.75) is 23.5 Å². The summed E-state index contributed by atoms with van der Waals surface area (Å²) < 4.78 is 26.2. The van der Waals surface area contributed by atoms with Crippen molar-refractivity contribution in [3.8, 4) is 0 Å². The zero-order valence-corrected chi connectivity index (χ0v) is 12.2. The smallest absolute Gasteiger partial charge is 0.263 e. The molecule has 1 aliphatic rings. The fourth-order valence-electron chi connectivity index (χ4n) is 1.59. The van der Waals surface area contributed by atoms with Gasteiger partial charge in [-0.2, -0.15) is 11.8 Å². The Labute approximate surface area is 112 Å². The maximum atomic E-state index is 11.9. The molecule has 6 heteroatoms. The SMILES string of the molecule is CSC(C)(C)CN=C1NS(=O)(=O)c2ccccc21. The quantitative estimate of drug-likeness (QED) is 0.922. The minimum absolute atomic E-state index is 0.00399. The number of benzene rings is 1. The van der Waals surface area contributed by atoms with Gasteiger partial charge in [-0.15, -0.1) is 0 Å². The van der Waals surface area contributed by atoms with Crippen molar-refractivity contribution in [3.63, 3.8) is 0 Å². The number of nitrogens with one attached hydrogen (secondary N) is 1. The highest BCUT2D eigenvalue weighted by Crippen LogP contribution is 2.25. The van der Waals surface area contributed by atoms with Crippen LogP contribution in [0.15, 0.2) is 34.2 Å². The molecule has 0 saturated carbocycles. The van der Waals surface area contributed by atoms with E-state index in [1.165, 1.54) is 0 Å². The van der Waals surface area contributed by atoms with Gasteiger partial charge in [-0.3, -0.25) is 9.71 Å². The zero-order chi connectivity index (χ0) is 13.4. The van der Waals surface area contributed by atoms with Crippen molar-refractivity contribution in [2.75, 3.05) is 12.8 Å². The number of hydrogen-bond acceptors (Lipinski definition) is 4. The van der Waals surface area contributed by atoms with Gasteiger partial charge in [0.05, 0.1) is 11.4 Å². The molecular weight excluding hydrogens is 268 g/mol. The number of nitrogens with zero attached hydrogens (tertiary/aromatic N) is 1. The van der Waals surface area contributed by atoms with Crippen LogP contribution in [0.2, 0.25) is 0 Å². The molecule has 0 aliphatic carbocycles. The van der Waals surface area contributed by atoms with E-state index in [0.717, 1.165) is 0 Å². The Morgan fingerprint density at radius 2 is 2.00 bits per heavy atom. The molecule has 18 heavy (non-hydrogen) atoms. The summed E-state index contributed by atoms with van der Waals surface area (Å²) in [6.07, 6.45) is 2.02. The van der Waals surface area contributed by atoms with Crippen molar-refractivity contribution in [1.82, 2.24) is 4.72 Å². The third-order valence-corrected chi connectivity index (χ3v) is 5.46. The number of hydrogen-bond donors (Lipinski definition) is 1. The molecule has 1 aliphatic heterocycles. The normalized spacial score (nSPS) is 19.6. The summed E-state index contributed by atoms with van der Waals surface area (Å²) in [6.45, 7) is 4.73. The fourth-order valence-corrected chi connectivity index (χ4v) is 3.03. The van der Waals surface area contributed by atoms with Gasteiger partial charge in [-0.1, -0.05) is 12.1 Å². The first-order valence-corrected chi connectivity index (χ1v) is 8.28.